The van der Waals surface area contributed by atoms with Gasteiger partial charge in [-0.3, -0.25) is 0 Å². The molecule has 0 radical (unpaired) electrons. The second-order valence-electron chi connectivity index (χ2n) is 3.16. The molecule has 2 rings (SSSR count). The van der Waals surface area contributed by atoms with E-state index in [1.807, 2.05) is 41.8 Å². The summed E-state index contributed by atoms with van der Waals surface area (Å²) in [5, 5.41) is 12.1. The predicted molar refractivity (Wildman–Crippen MR) is 61.4 cm³/mol. The Hall–Kier alpha value is -1.32. The minimum atomic E-state index is -0.596. The van der Waals surface area contributed by atoms with Crippen molar-refractivity contribution in [3.63, 3.8) is 0 Å². The molecule has 0 saturated carbocycles. The normalized spacial score (nSPS) is 12.4. The number of rotatable bonds is 3. The van der Waals surface area contributed by atoms with Crippen LogP contribution < -0.4 is 4.74 Å². The Morgan fingerprint density at radius 1 is 1.20 bits per heavy atom. The van der Waals surface area contributed by atoms with Crippen LogP contribution in [0.3, 0.4) is 0 Å². The third-order valence-electron chi connectivity index (χ3n) is 2.25. The van der Waals surface area contributed by atoms with Gasteiger partial charge in [0.1, 0.15) is 11.9 Å². The summed E-state index contributed by atoms with van der Waals surface area (Å²) in [6, 6.07) is 11.4. The molecule has 3 heteroatoms. The highest BCUT2D eigenvalue weighted by molar-refractivity contribution is 7.10. The molecule has 0 aliphatic heterocycles. The number of ether oxygens (including phenoxy) is 1. The lowest BCUT2D eigenvalue weighted by molar-refractivity contribution is 0.218. The van der Waals surface area contributed by atoms with Gasteiger partial charge in [0.25, 0.3) is 0 Å². The number of para-hydroxylation sites is 1. The van der Waals surface area contributed by atoms with Crippen molar-refractivity contribution in [2.45, 2.75) is 6.10 Å². The van der Waals surface area contributed by atoms with E-state index in [2.05, 4.69) is 0 Å². The molecule has 1 aromatic carbocycles. The van der Waals surface area contributed by atoms with Crippen LogP contribution in [0.5, 0.6) is 5.75 Å². The van der Waals surface area contributed by atoms with E-state index in [0.29, 0.717) is 0 Å². The molecular weight excluding hydrogens is 208 g/mol. The van der Waals surface area contributed by atoms with Gasteiger partial charge in [0.15, 0.2) is 0 Å². The maximum atomic E-state index is 10.1. The Morgan fingerprint density at radius 3 is 2.67 bits per heavy atom. The van der Waals surface area contributed by atoms with Crippen LogP contribution in [0, 0.1) is 0 Å². The van der Waals surface area contributed by atoms with E-state index in [1.54, 1.807) is 7.11 Å². The summed E-state index contributed by atoms with van der Waals surface area (Å²) in [6.07, 6.45) is -0.596. The van der Waals surface area contributed by atoms with Crippen molar-refractivity contribution in [2.75, 3.05) is 7.11 Å². The fourth-order valence-electron chi connectivity index (χ4n) is 1.49. The standard InChI is InChI=1S/C12H12O2S/c1-14-10-6-3-2-5-9(10)12(13)11-7-4-8-15-11/h2-8,12-13H,1H3. The first-order valence-electron chi connectivity index (χ1n) is 4.67. The summed E-state index contributed by atoms with van der Waals surface area (Å²) in [5.74, 6) is 0.721. The fraction of sp³-hybridized carbons (Fsp3) is 0.167. The zero-order chi connectivity index (χ0) is 10.7. The molecule has 1 aromatic heterocycles. The minimum absolute atomic E-state index is 0.596. The van der Waals surface area contributed by atoms with Crippen molar-refractivity contribution in [1.29, 1.82) is 0 Å². The largest absolute Gasteiger partial charge is 0.496 e. The van der Waals surface area contributed by atoms with Crippen LogP contribution in [0.1, 0.15) is 16.5 Å². The number of methoxy groups -OCH3 is 1. The van der Waals surface area contributed by atoms with Crippen LogP contribution >= 0.6 is 11.3 Å². The fourth-order valence-corrected chi connectivity index (χ4v) is 2.22. The third kappa shape index (κ3) is 2.03. The summed E-state index contributed by atoms with van der Waals surface area (Å²) in [4.78, 5) is 0.930. The van der Waals surface area contributed by atoms with E-state index in [0.717, 1.165) is 16.2 Å². The molecule has 1 heterocycles. The van der Waals surface area contributed by atoms with Gasteiger partial charge >= 0.3 is 0 Å². The van der Waals surface area contributed by atoms with Crippen LogP contribution in [-0.2, 0) is 0 Å². The first-order valence-corrected chi connectivity index (χ1v) is 5.55. The van der Waals surface area contributed by atoms with Crippen LogP contribution in [-0.4, -0.2) is 12.2 Å². The van der Waals surface area contributed by atoms with Crippen molar-refractivity contribution >= 4 is 11.3 Å². The first-order chi connectivity index (χ1) is 7.33. The molecule has 1 unspecified atom stereocenters. The number of aliphatic hydroxyl groups excluding tert-OH is 1. The van der Waals surface area contributed by atoms with Crippen LogP contribution in [0.15, 0.2) is 41.8 Å². The Bertz CT molecular complexity index is 423. The Morgan fingerprint density at radius 2 is 2.00 bits per heavy atom. The zero-order valence-electron chi connectivity index (χ0n) is 8.38. The van der Waals surface area contributed by atoms with Crippen LogP contribution in [0.25, 0.3) is 0 Å². The number of hydrogen-bond acceptors (Lipinski definition) is 3. The average Bonchev–Trinajstić information content (AvgIpc) is 2.81. The number of benzene rings is 1. The molecule has 0 bridgehead atoms. The molecule has 1 atom stereocenters. The van der Waals surface area contributed by atoms with Crippen molar-refractivity contribution < 1.29 is 9.84 Å². The highest BCUT2D eigenvalue weighted by Crippen LogP contribution is 2.31. The molecule has 0 saturated heterocycles. The SMILES string of the molecule is COc1ccccc1C(O)c1cccs1. The van der Waals surface area contributed by atoms with Crippen LogP contribution in [0.2, 0.25) is 0 Å². The zero-order valence-corrected chi connectivity index (χ0v) is 9.20. The Balaban J connectivity index is 2.37. The second kappa shape index (κ2) is 4.47. The summed E-state index contributed by atoms with van der Waals surface area (Å²) in [7, 11) is 1.61. The number of thiophene rings is 1. The van der Waals surface area contributed by atoms with Gasteiger partial charge in [0.2, 0.25) is 0 Å². The highest BCUT2D eigenvalue weighted by atomic mass is 32.1. The lowest BCUT2D eigenvalue weighted by Crippen LogP contribution is -1.99. The first kappa shape index (κ1) is 10.2. The number of hydrogen-bond donors (Lipinski definition) is 1. The van der Waals surface area contributed by atoms with E-state index in [1.165, 1.54) is 11.3 Å². The minimum Gasteiger partial charge on any atom is -0.496 e. The monoisotopic (exact) mass is 220 g/mol. The molecule has 0 spiro atoms. The summed E-state index contributed by atoms with van der Waals surface area (Å²) >= 11 is 1.54. The van der Waals surface area contributed by atoms with Crippen molar-refractivity contribution in [1.82, 2.24) is 0 Å². The maximum Gasteiger partial charge on any atom is 0.125 e. The number of aliphatic hydroxyl groups is 1. The molecule has 0 aliphatic rings. The summed E-state index contributed by atoms with van der Waals surface area (Å²) in [5.41, 5.74) is 0.808. The van der Waals surface area contributed by atoms with Gasteiger partial charge in [-0.05, 0) is 17.5 Å². The third-order valence-corrected chi connectivity index (χ3v) is 3.17. The lowest BCUT2D eigenvalue weighted by Gasteiger charge is -2.12. The molecule has 15 heavy (non-hydrogen) atoms. The molecule has 0 amide bonds. The smallest absolute Gasteiger partial charge is 0.125 e. The van der Waals surface area contributed by atoms with Gasteiger partial charge in [0.05, 0.1) is 7.11 Å². The summed E-state index contributed by atoms with van der Waals surface area (Å²) in [6.45, 7) is 0. The molecule has 1 N–H and O–H groups in total. The molecule has 0 aliphatic carbocycles. The van der Waals surface area contributed by atoms with E-state index < -0.39 is 6.10 Å². The second-order valence-corrected chi connectivity index (χ2v) is 4.14. The Kier molecular flexibility index (Phi) is 3.04. The van der Waals surface area contributed by atoms with Crippen molar-refractivity contribution in [3.8, 4) is 5.75 Å². The van der Waals surface area contributed by atoms with Gasteiger partial charge < -0.3 is 9.84 Å². The van der Waals surface area contributed by atoms with E-state index in [9.17, 15) is 5.11 Å². The quantitative estimate of drug-likeness (QED) is 0.861. The topological polar surface area (TPSA) is 29.5 Å². The Labute approximate surface area is 92.8 Å². The summed E-state index contributed by atoms with van der Waals surface area (Å²) < 4.78 is 5.21. The van der Waals surface area contributed by atoms with Crippen molar-refractivity contribution in [2.24, 2.45) is 0 Å². The van der Waals surface area contributed by atoms with Gasteiger partial charge in [-0.1, -0.05) is 24.3 Å². The van der Waals surface area contributed by atoms with Gasteiger partial charge in [-0.25, -0.2) is 0 Å². The molecule has 2 nitrogen and oxygen atoms in total. The van der Waals surface area contributed by atoms with Gasteiger partial charge in [-0.2, -0.15) is 0 Å². The maximum absolute atomic E-state index is 10.1. The highest BCUT2D eigenvalue weighted by Gasteiger charge is 2.15. The van der Waals surface area contributed by atoms with E-state index in [4.69, 9.17) is 4.74 Å². The molecule has 2 aromatic rings. The van der Waals surface area contributed by atoms with E-state index in [-0.39, 0.29) is 0 Å². The molecular formula is C12H12O2S. The lowest BCUT2D eigenvalue weighted by atomic mass is 10.1. The predicted octanol–water partition coefficient (Wildman–Crippen LogP) is 2.84. The molecule has 0 fully saturated rings. The van der Waals surface area contributed by atoms with Gasteiger partial charge in [0, 0.05) is 10.4 Å². The van der Waals surface area contributed by atoms with E-state index >= 15 is 0 Å². The molecule has 78 valence electrons. The van der Waals surface area contributed by atoms with Crippen LogP contribution in [0.4, 0.5) is 0 Å². The average molecular weight is 220 g/mol. The van der Waals surface area contributed by atoms with Gasteiger partial charge in [-0.15, -0.1) is 11.3 Å². The van der Waals surface area contributed by atoms with Crippen molar-refractivity contribution in [3.05, 3.63) is 52.2 Å².